The molecule has 0 aliphatic heterocycles. The van der Waals surface area contributed by atoms with Gasteiger partial charge in [0.1, 0.15) is 6.04 Å². The van der Waals surface area contributed by atoms with Crippen molar-refractivity contribution in [2.45, 2.75) is 12.5 Å². The van der Waals surface area contributed by atoms with Crippen molar-refractivity contribution in [2.75, 3.05) is 10.6 Å². The molecule has 0 aromatic heterocycles. The standard InChI is InChI=1S/C23H21ClN4O3/c24-17-8-6-16(7-9-17)21(29)28-20(14-15-4-2-1-3-5-15)22(30)26-18-10-12-19(13-11-18)27-23(25)31/h1-13,20H,14H2,(H,26,30)(H,28,29)(H3,25,27,31). The van der Waals surface area contributed by atoms with E-state index in [1.165, 1.54) is 0 Å². The van der Waals surface area contributed by atoms with E-state index in [9.17, 15) is 14.4 Å². The highest BCUT2D eigenvalue weighted by Gasteiger charge is 2.22. The fraction of sp³-hybridized carbons (Fsp3) is 0.0870. The molecule has 0 saturated carbocycles. The molecule has 3 rings (SSSR count). The molecule has 8 heteroatoms. The van der Waals surface area contributed by atoms with Gasteiger partial charge in [0.05, 0.1) is 0 Å². The minimum Gasteiger partial charge on any atom is -0.351 e. The summed E-state index contributed by atoms with van der Waals surface area (Å²) in [6.45, 7) is 0. The Kier molecular flexibility index (Phi) is 7.24. The Morgan fingerprint density at radius 2 is 1.39 bits per heavy atom. The van der Waals surface area contributed by atoms with Gasteiger partial charge in [-0.05, 0) is 54.1 Å². The first kappa shape index (κ1) is 21.9. The van der Waals surface area contributed by atoms with Crippen molar-refractivity contribution in [2.24, 2.45) is 5.73 Å². The highest BCUT2D eigenvalue weighted by Crippen LogP contribution is 2.15. The van der Waals surface area contributed by atoms with Gasteiger partial charge in [-0.2, -0.15) is 0 Å². The molecule has 0 heterocycles. The zero-order valence-corrected chi connectivity index (χ0v) is 17.2. The smallest absolute Gasteiger partial charge is 0.316 e. The number of benzene rings is 3. The Morgan fingerprint density at radius 3 is 1.97 bits per heavy atom. The number of primary amides is 1. The van der Waals surface area contributed by atoms with Crippen molar-refractivity contribution in [1.82, 2.24) is 5.32 Å². The summed E-state index contributed by atoms with van der Waals surface area (Å²) in [4.78, 5) is 36.6. The maximum absolute atomic E-state index is 13.0. The number of carbonyl (C=O) groups is 3. The molecular formula is C23H21ClN4O3. The van der Waals surface area contributed by atoms with E-state index in [4.69, 9.17) is 17.3 Å². The number of hydrogen-bond donors (Lipinski definition) is 4. The summed E-state index contributed by atoms with van der Waals surface area (Å²) in [5.74, 6) is -0.754. The van der Waals surface area contributed by atoms with Crippen LogP contribution in [0.5, 0.6) is 0 Å². The highest BCUT2D eigenvalue weighted by molar-refractivity contribution is 6.30. The van der Waals surface area contributed by atoms with Crippen LogP contribution in [-0.2, 0) is 11.2 Å². The molecule has 0 aliphatic carbocycles. The second kappa shape index (κ2) is 10.3. The highest BCUT2D eigenvalue weighted by atomic mass is 35.5. The number of nitrogens with two attached hydrogens (primary N) is 1. The minimum absolute atomic E-state index is 0.313. The second-order valence-corrected chi connectivity index (χ2v) is 7.21. The molecule has 3 aromatic carbocycles. The molecule has 1 unspecified atom stereocenters. The number of anilines is 2. The van der Waals surface area contributed by atoms with Gasteiger partial charge in [-0.3, -0.25) is 9.59 Å². The summed E-state index contributed by atoms with van der Waals surface area (Å²) in [6, 6.07) is 20.8. The van der Waals surface area contributed by atoms with Gasteiger partial charge in [0.15, 0.2) is 0 Å². The first-order valence-corrected chi connectivity index (χ1v) is 9.86. The first-order valence-electron chi connectivity index (χ1n) is 9.48. The molecule has 3 aromatic rings. The van der Waals surface area contributed by atoms with Crippen LogP contribution in [0.15, 0.2) is 78.9 Å². The molecule has 0 spiro atoms. The van der Waals surface area contributed by atoms with Gasteiger partial charge in [0, 0.05) is 28.4 Å². The molecule has 0 aliphatic rings. The SMILES string of the molecule is NC(=O)Nc1ccc(NC(=O)C(Cc2ccccc2)NC(=O)c2ccc(Cl)cc2)cc1. The van der Waals surface area contributed by atoms with Gasteiger partial charge >= 0.3 is 6.03 Å². The van der Waals surface area contributed by atoms with E-state index in [-0.39, 0.29) is 11.8 Å². The summed E-state index contributed by atoms with van der Waals surface area (Å²) < 4.78 is 0. The molecule has 0 radical (unpaired) electrons. The van der Waals surface area contributed by atoms with Gasteiger partial charge in [-0.25, -0.2) is 4.79 Å². The van der Waals surface area contributed by atoms with E-state index in [0.717, 1.165) is 5.56 Å². The van der Waals surface area contributed by atoms with E-state index < -0.39 is 12.1 Å². The van der Waals surface area contributed by atoms with Crippen LogP contribution in [0.3, 0.4) is 0 Å². The van der Waals surface area contributed by atoms with Gasteiger partial charge in [-0.15, -0.1) is 0 Å². The van der Waals surface area contributed by atoms with Crippen molar-refractivity contribution < 1.29 is 14.4 Å². The van der Waals surface area contributed by atoms with E-state index in [0.29, 0.717) is 28.4 Å². The summed E-state index contributed by atoms with van der Waals surface area (Å²) >= 11 is 5.88. The maximum Gasteiger partial charge on any atom is 0.316 e. The van der Waals surface area contributed by atoms with Crippen molar-refractivity contribution in [3.8, 4) is 0 Å². The van der Waals surface area contributed by atoms with Crippen LogP contribution in [0.25, 0.3) is 0 Å². The van der Waals surface area contributed by atoms with Crippen LogP contribution in [0.1, 0.15) is 15.9 Å². The molecule has 31 heavy (non-hydrogen) atoms. The Labute approximate surface area is 184 Å². The number of halogens is 1. The zero-order chi connectivity index (χ0) is 22.2. The van der Waals surface area contributed by atoms with Crippen molar-refractivity contribution in [1.29, 1.82) is 0 Å². The Bertz CT molecular complexity index is 1050. The van der Waals surface area contributed by atoms with Crippen molar-refractivity contribution in [3.05, 3.63) is 95.0 Å². The Hall–Kier alpha value is -3.84. The van der Waals surface area contributed by atoms with Crippen LogP contribution in [-0.4, -0.2) is 23.9 Å². The van der Waals surface area contributed by atoms with Gasteiger partial charge in [0.2, 0.25) is 5.91 Å². The van der Waals surface area contributed by atoms with Crippen LogP contribution in [0.2, 0.25) is 5.02 Å². The van der Waals surface area contributed by atoms with Crippen LogP contribution < -0.4 is 21.7 Å². The predicted octanol–water partition coefficient (Wildman–Crippen LogP) is 3.81. The maximum atomic E-state index is 13.0. The summed E-state index contributed by atoms with van der Waals surface area (Å²) in [5, 5.41) is 8.55. The summed E-state index contributed by atoms with van der Waals surface area (Å²) in [5.41, 5.74) is 7.41. The fourth-order valence-electron chi connectivity index (χ4n) is 2.91. The molecule has 5 N–H and O–H groups in total. The van der Waals surface area contributed by atoms with Crippen LogP contribution in [0, 0.1) is 0 Å². The zero-order valence-electron chi connectivity index (χ0n) is 16.5. The predicted molar refractivity (Wildman–Crippen MR) is 121 cm³/mol. The number of carbonyl (C=O) groups excluding carboxylic acids is 3. The number of nitrogens with one attached hydrogen (secondary N) is 3. The van der Waals surface area contributed by atoms with Crippen LogP contribution >= 0.6 is 11.6 Å². The topological polar surface area (TPSA) is 113 Å². The van der Waals surface area contributed by atoms with E-state index in [2.05, 4.69) is 16.0 Å². The van der Waals surface area contributed by atoms with Gasteiger partial charge in [-0.1, -0.05) is 41.9 Å². The normalized spacial score (nSPS) is 11.3. The fourth-order valence-corrected chi connectivity index (χ4v) is 3.04. The summed E-state index contributed by atoms with van der Waals surface area (Å²) in [6.07, 6.45) is 0.313. The molecule has 4 amide bonds. The minimum atomic E-state index is -0.811. The molecule has 0 bridgehead atoms. The Balaban J connectivity index is 1.74. The quantitative estimate of drug-likeness (QED) is 0.451. The lowest BCUT2D eigenvalue weighted by molar-refractivity contribution is -0.118. The molecule has 0 saturated heterocycles. The van der Waals surface area contributed by atoms with Gasteiger partial charge in [0.25, 0.3) is 5.91 Å². The van der Waals surface area contributed by atoms with Crippen molar-refractivity contribution >= 4 is 40.8 Å². The molecule has 0 fully saturated rings. The monoisotopic (exact) mass is 436 g/mol. The van der Waals surface area contributed by atoms with Crippen molar-refractivity contribution in [3.63, 3.8) is 0 Å². The second-order valence-electron chi connectivity index (χ2n) is 6.78. The number of amides is 4. The largest absolute Gasteiger partial charge is 0.351 e. The lowest BCUT2D eigenvalue weighted by atomic mass is 10.0. The number of urea groups is 1. The third-order valence-corrected chi connectivity index (χ3v) is 4.68. The summed E-state index contributed by atoms with van der Waals surface area (Å²) in [7, 11) is 0. The third kappa shape index (κ3) is 6.58. The average molecular weight is 437 g/mol. The molecule has 158 valence electrons. The van der Waals surface area contributed by atoms with Crippen LogP contribution in [0.4, 0.5) is 16.2 Å². The lowest BCUT2D eigenvalue weighted by Gasteiger charge is -2.19. The average Bonchev–Trinajstić information content (AvgIpc) is 2.75. The molecule has 1 atom stereocenters. The number of hydrogen-bond acceptors (Lipinski definition) is 3. The van der Waals surface area contributed by atoms with E-state index >= 15 is 0 Å². The third-order valence-electron chi connectivity index (χ3n) is 4.43. The van der Waals surface area contributed by atoms with E-state index in [1.807, 2.05) is 30.3 Å². The molecule has 7 nitrogen and oxygen atoms in total. The van der Waals surface area contributed by atoms with E-state index in [1.54, 1.807) is 48.5 Å². The Morgan fingerprint density at radius 1 is 0.806 bits per heavy atom. The lowest BCUT2D eigenvalue weighted by Crippen LogP contribution is -2.45. The first-order chi connectivity index (χ1) is 14.9. The van der Waals surface area contributed by atoms with Gasteiger partial charge < -0.3 is 21.7 Å². The number of rotatable bonds is 7. The molecular weight excluding hydrogens is 416 g/mol.